The van der Waals surface area contributed by atoms with Gasteiger partial charge in [0.2, 0.25) is 0 Å². The van der Waals surface area contributed by atoms with Crippen molar-refractivity contribution in [3.8, 4) is 0 Å². The quantitative estimate of drug-likeness (QED) is 0.693. The summed E-state index contributed by atoms with van der Waals surface area (Å²) >= 11 is 0. The van der Waals surface area contributed by atoms with Gasteiger partial charge in [-0.1, -0.05) is 18.2 Å². The number of rotatable bonds is 2. The third-order valence-electron chi connectivity index (χ3n) is 2.16. The molecule has 1 aliphatic heterocycles. The zero-order valence-corrected chi connectivity index (χ0v) is 7.17. The summed E-state index contributed by atoms with van der Waals surface area (Å²) in [6.45, 7) is 1.79. The van der Waals surface area contributed by atoms with E-state index >= 15 is 0 Å². The fourth-order valence-electron chi connectivity index (χ4n) is 1.56. The second-order valence-corrected chi connectivity index (χ2v) is 2.99. The van der Waals surface area contributed by atoms with E-state index in [0.29, 0.717) is 0 Å². The van der Waals surface area contributed by atoms with Crippen LogP contribution in [-0.2, 0) is 13.1 Å². The highest BCUT2D eigenvalue weighted by molar-refractivity contribution is 5.84. The topological polar surface area (TPSA) is 24.4 Å². The van der Waals surface area contributed by atoms with E-state index in [0.717, 1.165) is 13.1 Å². The van der Waals surface area contributed by atoms with E-state index in [1.165, 1.54) is 16.7 Å². The standard InChI is InChI=1S/C10H12N2/c1-11-5-8-3-2-4-9-6-12-7-10(8)9/h2-4,6,11H,5,7H2,1H3. The predicted molar refractivity (Wildman–Crippen MR) is 50.5 cm³/mol. The molecule has 1 aliphatic rings. The largest absolute Gasteiger partial charge is 0.316 e. The molecule has 0 unspecified atom stereocenters. The minimum atomic E-state index is 0.854. The molecular weight excluding hydrogens is 148 g/mol. The Morgan fingerprint density at radius 1 is 1.50 bits per heavy atom. The van der Waals surface area contributed by atoms with Crippen LogP contribution in [0.1, 0.15) is 16.7 Å². The van der Waals surface area contributed by atoms with E-state index < -0.39 is 0 Å². The molecule has 1 heterocycles. The number of hydrogen-bond donors (Lipinski definition) is 1. The number of nitrogens with one attached hydrogen (secondary N) is 1. The highest BCUT2D eigenvalue weighted by atomic mass is 14.8. The zero-order valence-electron chi connectivity index (χ0n) is 7.17. The fraction of sp³-hybridized carbons (Fsp3) is 0.300. The molecule has 0 fully saturated rings. The van der Waals surface area contributed by atoms with Crippen molar-refractivity contribution in [2.24, 2.45) is 4.99 Å². The Bertz CT molecular complexity index is 316. The Morgan fingerprint density at radius 2 is 2.42 bits per heavy atom. The lowest BCUT2D eigenvalue weighted by Gasteiger charge is -2.05. The molecular formula is C10H12N2. The number of fused-ring (bicyclic) bond motifs is 1. The Morgan fingerprint density at radius 3 is 3.25 bits per heavy atom. The van der Waals surface area contributed by atoms with Crippen molar-refractivity contribution in [1.29, 1.82) is 0 Å². The second-order valence-electron chi connectivity index (χ2n) is 2.99. The van der Waals surface area contributed by atoms with Gasteiger partial charge in [-0.05, 0) is 23.7 Å². The first kappa shape index (κ1) is 7.50. The van der Waals surface area contributed by atoms with E-state index in [-0.39, 0.29) is 0 Å². The van der Waals surface area contributed by atoms with Crippen molar-refractivity contribution in [3.63, 3.8) is 0 Å². The van der Waals surface area contributed by atoms with Gasteiger partial charge in [0, 0.05) is 12.8 Å². The van der Waals surface area contributed by atoms with Crippen LogP contribution in [0.25, 0.3) is 0 Å². The maximum Gasteiger partial charge on any atom is 0.0649 e. The van der Waals surface area contributed by atoms with Crippen molar-refractivity contribution in [1.82, 2.24) is 5.32 Å². The average Bonchev–Trinajstić information content (AvgIpc) is 2.53. The van der Waals surface area contributed by atoms with Crippen molar-refractivity contribution in [2.75, 3.05) is 7.05 Å². The Hall–Kier alpha value is -1.15. The molecule has 0 atom stereocenters. The molecule has 1 aromatic carbocycles. The molecule has 2 rings (SSSR count). The van der Waals surface area contributed by atoms with Crippen LogP contribution in [0.4, 0.5) is 0 Å². The van der Waals surface area contributed by atoms with Crippen LogP contribution < -0.4 is 5.32 Å². The molecule has 62 valence electrons. The normalized spacial score (nSPS) is 13.4. The van der Waals surface area contributed by atoms with Gasteiger partial charge in [0.1, 0.15) is 0 Å². The lowest BCUT2D eigenvalue weighted by Crippen LogP contribution is -2.07. The first-order valence-corrected chi connectivity index (χ1v) is 4.17. The number of benzene rings is 1. The molecule has 0 amide bonds. The van der Waals surface area contributed by atoms with E-state index in [1.807, 2.05) is 13.3 Å². The Balaban J connectivity index is 2.39. The molecule has 0 radical (unpaired) electrons. The Kier molecular flexibility index (Phi) is 1.92. The van der Waals surface area contributed by atoms with Crippen LogP contribution in [0.3, 0.4) is 0 Å². The SMILES string of the molecule is CNCc1cccc2c1CN=C2. The van der Waals surface area contributed by atoms with E-state index in [1.54, 1.807) is 0 Å². The molecule has 0 aliphatic carbocycles. The highest BCUT2D eigenvalue weighted by Gasteiger charge is 2.09. The molecule has 0 spiro atoms. The van der Waals surface area contributed by atoms with Crippen LogP contribution >= 0.6 is 0 Å². The van der Waals surface area contributed by atoms with Gasteiger partial charge in [0.25, 0.3) is 0 Å². The monoisotopic (exact) mass is 160 g/mol. The van der Waals surface area contributed by atoms with Gasteiger partial charge in [-0.25, -0.2) is 0 Å². The summed E-state index contributed by atoms with van der Waals surface area (Å²) in [6.07, 6.45) is 1.95. The fourth-order valence-corrected chi connectivity index (χ4v) is 1.56. The van der Waals surface area contributed by atoms with E-state index in [2.05, 4.69) is 28.5 Å². The van der Waals surface area contributed by atoms with Crippen molar-refractivity contribution < 1.29 is 0 Å². The number of nitrogens with zero attached hydrogens (tertiary/aromatic N) is 1. The van der Waals surface area contributed by atoms with Crippen LogP contribution in [0.2, 0.25) is 0 Å². The number of aliphatic imine (C=N–C) groups is 1. The smallest absolute Gasteiger partial charge is 0.0649 e. The lowest BCUT2D eigenvalue weighted by atomic mass is 10.0. The van der Waals surface area contributed by atoms with Gasteiger partial charge in [-0.2, -0.15) is 0 Å². The molecule has 0 saturated heterocycles. The molecule has 2 nitrogen and oxygen atoms in total. The average molecular weight is 160 g/mol. The van der Waals surface area contributed by atoms with Gasteiger partial charge in [0.05, 0.1) is 6.54 Å². The summed E-state index contributed by atoms with van der Waals surface area (Å²) in [5.41, 5.74) is 4.03. The van der Waals surface area contributed by atoms with Crippen molar-refractivity contribution >= 4 is 6.21 Å². The van der Waals surface area contributed by atoms with Crippen LogP contribution in [0.15, 0.2) is 23.2 Å². The summed E-state index contributed by atoms with van der Waals surface area (Å²) < 4.78 is 0. The minimum absolute atomic E-state index is 0.854. The maximum absolute atomic E-state index is 4.24. The summed E-state index contributed by atoms with van der Waals surface area (Å²) in [6, 6.07) is 6.36. The van der Waals surface area contributed by atoms with Crippen LogP contribution in [0.5, 0.6) is 0 Å². The first-order valence-electron chi connectivity index (χ1n) is 4.17. The van der Waals surface area contributed by atoms with Gasteiger partial charge in [-0.3, -0.25) is 4.99 Å². The maximum atomic E-state index is 4.24. The van der Waals surface area contributed by atoms with Crippen LogP contribution in [-0.4, -0.2) is 13.3 Å². The number of hydrogen-bond acceptors (Lipinski definition) is 2. The summed E-state index contributed by atoms with van der Waals surface area (Å²) in [5, 5.41) is 3.16. The van der Waals surface area contributed by atoms with E-state index in [4.69, 9.17) is 0 Å². The second kappa shape index (κ2) is 3.07. The molecule has 1 aromatic rings. The Labute approximate surface area is 72.3 Å². The molecule has 0 bridgehead atoms. The van der Waals surface area contributed by atoms with Gasteiger partial charge in [-0.15, -0.1) is 0 Å². The lowest BCUT2D eigenvalue weighted by molar-refractivity contribution is 0.806. The summed E-state index contributed by atoms with van der Waals surface area (Å²) in [5.74, 6) is 0. The molecule has 1 N–H and O–H groups in total. The van der Waals surface area contributed by atoms with Gasteiger partial charge < -0.3 is 5.32 Å². The molecule has 2 heteroatoms. The highest BCUT2D eigenvalue weighted by Crippen LogP contribution is 2.18. The van der Waals surface area contributed by atoms with Crippen molar-refractivity contribution in [2.45, 2.75) is 13.1 Å². The first-order chi connectivity index (χ1) is 5.92. The minimum Gasteiger partial charge on any atom is -0.316 e. The van der Waals surface area contributed by atoms with Gasteiger partial charge >= 0.3 is 0 Å². The molecule has 0 saturated carbocycles. The van der Waals surface area contributed by atoms with Gasteiger partial charge in [0.15, 0.2) is 0 Å². The van der Waals surface area contributed by atoms with Crippen molar-refractivity contribution in [3.05, 3.63) is 34.9 Å². The third-order valence-corrected chi connectivity index (χ3v) is 2.16. The third kappa shape index (κ3) is 1.14. The molecule has 0 aromatic heterocycles. The predicted octanol–water partition coefficient (Wildman–Crippen LogP) is 1.34. The van der Waals surface area contributed by atoms with E-state index in [9.17, 15) is 0 Å². The zero-order chi connectivity index (χ0) is 8.39. The molecule has 12 heavy (non-hydrogen) atoms. The summed E-state index contributed by atoms with van der Waals surface area (Å²) in [7, 11) is 1.97. The summed E-state index contributed by atoms with van der Waals surface area (Å²) in [4.78, 5) is 4.24. The van der Waals surface area contributed by atoms with Crippen LogP contribution in [0, 0.1) is 0 Å².